The molecule has 2 unspecified atom stereocenters. The Balaban J connectivity index is 2.56. The Morgan fingerprint density at radius 3 is 2.32 bits per heavy atom. The van der Waals surface area contributed by atoms with Crippen molar-refractivity contribution >= 4 is 8.53 Å². The van der Waals surface area contributed by atoms with Crippen molar-refractivity contribution in [2.24, 2.45) is 0 Å². The van der Waals surface area contributed by atoms with Gasteiger partial charge in [-0.3, -0.25) is 0 Å². The first kappa shape index (κ1) is 26.0. The number of hydrogen-bond acceptors (Lipinski definition) is 8. The predicted molar refractivity (Wildman–Crippen MR) is 120 cm³/mol. The highest BCUT2D eigenvalue weighted by Gasteiger charge is 2.29. The Kier molecular flexibility index (Phi) is 13.0. The van der Waals surface area contributed by atoms with Crippen LogP contribution in [0.5, 0.6) is 5.75 Å². The molecule has 0 aliphatic carbocycles. The molecule has 31 heavy (non-hydrogen) atoms. The van der Waals surface area contributed by atoms with E-state index in [0.717, 1.165) is 12.8 Å². The first-order chi connectivity index (χ1) is 15.3. The van der Waals surface area contributed by atoms with Crippen molar-refractivity contribution in [1.82, 2.24) is 4.67 Å². The molecular weight excluding hydrogens is 419 g/mol. The van der Waals surface area contributed by atoms with Gasteiger partial charge in [-0.25, -0.2) is 4.67 Å². The van der Waals surface area contributed by atoms with Crippen molar-refractivity contribution < 1.29 is 29.1 Å². The van der Waals surface area contributed by atoms with Gasteiger partial charge in [-0.1, -0.05) is 12.1 Å². The van der Waals surface area contributed by atoms with Gasteiger partial charge in [0.25, 0.3) is 8.53 Å². The maximum absolute atomic E-state index is 9.13. The third-order valence-corrected chi connectivity index (χ3v) is 6.64. The van der Waals surface area contributed by atoms with Gasteiger partial charge in [0.05, 0.1) is 38.4 Å². The summed E-state index contributed by atoms with van der Waals surface area (Å²) in [5, 5.41) is 31.7. The molecule has 0 spiro atoms. The minimum Gasteiger partial charge on any atom is -0.494 e. The quantitative estimate of drug-likeness (QED) is 0.183. The second kappa shape index (κ2) is 15.5. The first-order valence-electron chi connectivity index (χ1n) is 11.1. The third-order valence-electron chi connectivity index (χ3n) is 4.45. The molecule has 0 saturated carbocycles. The van der Waals surface area contributed by atoms with Crippen LogP contribution in [0.3, 0.4) is 0 Å². The zero-order valence-corrected chi connectivity index (χ0v) is 19.8. The highest BCUT2D eigenvalue weighted by molar-refractivity contribution is 7.44. The number of aliphatic hydroxyl groups is 3. The average Bonchev–Trinajstić information content (AvgIpc) is 2.73. The van der Waals surface area contributed by atoms with Crippen LogP contribution in [0.4, 0.5) is 0 Å². The van der Waals surface area contributed by atoms with Crippen LogP contribution in [0.25, 0.3) is 0 Å². The lowest BCUT2D eigenvalue weighted by Gasteiger charge is -2.37. The van der Waals surface area contributed by atoms with E-state index in [1.807, 2.05) is 0 Å². The summed E-state index contributed by atoms with van der Waals surface area (Å²) in [6.07, 6.45) is 0.784. The molecule has 0 amide bonds. The van der Waals surface area contributed by atoms with Crippen LogP contribution in [0, 0.1) is 11.3 Å². The van der Waals surface area contributed by atoms with E-state index in [2.05, 4.69) is 43.5 Å². The lowest BCUT2D eigenvalue weighted by atomic mass is 10.2. The number of aliphatic hydroxyl groups excluding tert-OH is 2. The maximum atomic E-state index is 9.13. The number of nitrogens with zero attached hydrogens (tertiary/aromatic N) is 2. The van der Waals surface area contributed by atoms with Crippen molar-refractivity contribution in [3.05, 3.63) is 29.8 Å². The fourth-order valence-electron chi connectivity index (χ4n) is 2.99. The lowest BCUT2D eigenvalue weighted by molar-refractivity contribution is -0.0425. The van der Waals surface area contributed by atoms with Gasteiger partial charge in [0, 0.05) is 17.6 Å². The fraction of sp³-hybridized carbons (Fsp3) is 0.682. The van der Waals surface area contributed by atoms with Gasteiger partial charge in [-0.2, -0.15) is 5.26 Å². The van der Waals surface area contributed by atoms with E-state index in [4.69, 9.17) is 30.7 Å². The summed E-state index contributed by atoms with van der Waals surface area (Å²) in [6, 6.07) is 9.11. The number of benzene rings is 1. The van der Waals surface area contributed by atoms with Gasteiger partial charge in [-0.15, -0.1) is 0 Å². The van der Waals surface area contributed by atoms with E-state index in [9.17, 15) is 0 Å². The van der Waals surface area contributed by atoms with Gasteiger partial charge in [0.1, 0.15) is 5.75 Å². The molecule has 0 fully saturated rings. The first-order valence-corrected chi connectivity index (χ1v) is 11.8. The second-order valence-corrected chi connectivity index (χ2v) is 9.13. The summed E-state index contributed by atoms with van der Waals surface area (Å²) in [5.41, 5.74) is 0.415. The Labute approximate surface area is 188 Å². The minimum absolute atomic E-state index is 0.135. The molecule has 8 nitrogen and oxygen atoms in total. The molecule has 2 atom stereocenters. The summed E-state index contributed by atoms with van der Waals surface area (Å²) in [4.78, 5) is 0. The van der Waals surface area contributed by atoms with Crippen molar-refractivity contribution in [2.75, 3.05) is 19.8 Å². The van der Waals surface area contributed by atoms with Gasteiger partial charge < -0.3 is 29.1 Å². The molecule has 0 aromatic heterocycles. The number of nitriles is 1. The van der Waals surface area contributed by atoms with Crippen LogP contribution >= 0.6 is 8.53 Å². The van der Waals surface area contributed by atoms with Crippen LogP contribution in [0.15, 0.2) is 24.3 Å². The van der Waals surface area contributed by atoms with Crippen LogP contribution in [-0.4, -0.2) is 59.4 Å². The number of ether oxygens (including phenoxy) is 1. The summed E-state index contributed by atoms with van der Waals surface area (Å²) in [5.74, 6) is 0.663. The number of hydrogen-bond donors (Lipinski definition) is 3. The molecule has 0 radical (unpaired) electrons. The Bertz CT molecular complexity index is 649. The SMILES string of the molecule is [2H]OCC(CCCCOc1ccc(C(O)O)cc1)OP(OCCC#N)N(C(C)C)C(C)C. The molecule has 0 aliphatic rings. The standard InChI is InChI=1S/C22H37N2O6P/c1-17(2)24(18(3)4)31(29-15-7-13-23)30-21(16-25)8-5-6-14-28-20-11-9-19(10-12-20)22(26)27/h9-12,17-18,21-22,25-27H,5-8,14-16H2,1-4H3/i25D. The van der Waals surface area contributed by atoms with E-state index in [1.54, 1.807) is 24.3 Å². The van der Waals surface area contributed by atoms with E-state index >= 15 is 0 Å². The topological polar surface area (TPSA) is 115 Å². The van der Waals surface area contributed by atoms with E-state index in [-0.39, 0.29) is 24.8 Å². The molecule has 1 rings (SSSR count). The van der Waals surface area contributed by atoms with Gasteiger partial charge in [0.2, 0.25) is 1.43 Å². The molecule has 0 heterocycles. The second-order valence-electron chi connectivity index (χ2n) is 7.73. The molecule has 0 bridgehead atoms. The molecule has 3 N–H and O–H groups in total. The van der Waals surface area contributed by atoms with Crippen LogP contribution in [0.1, 0.15) is 65.2 Å². The monoisotopic (exact) mass is 457 g/mol. The maximum Gasteiger partial charge on any atom is 0.259 e. The smallest absolute Gasteiger partial charge is 0.259 e. The van der Waals surface area contributed by atoms with Crippen LogP contribution in [0.2, 0.25) is 0 Å². The Morgan fingerprint density at radius 1 is 1.10 bits per heavy atom. The summed E-state index contributed by atoms with van der Waals surface area (Å²) < 4.78 is 27.2. The van der Waals surface area contributed by atoms with Crippen molar-refractivity contribution in [2.45, 2.75) is 77.9 Å². The molecule has 176 valence electrons. The molecule has 1 aromatic rings. The van der Waals surface area contributed by atoms with Crippen molar-refractivity contribution in [3.8, 4) is 11.8 Å². The Hall–Kier alpha value is -1.30. The summed E-state index contributed by atoms with van der Waals surface area (Å²) in [7, 11) is -1.39. The molecule has 9 heteroatoms. The van der Waals surface area contributed by atoms with Gasteiger partial charge in [-0.05, 0) is 59.1 Å². The third kappa shape index (κ3) is 10.7. The fourth-order valence-corrected chi connectivity index (χ4v) is 4.71. The van der Waals surface area contributed by atoms with Crippen molar-refractivity contribution in [1.29, 1.82) is 6.69 Å². The number of rotatable bonds is 17. The van der Waals surface area contributed by atoms with Crippen LogP contribution in [-0.2, 0) is 9.05 Å². The van der Waals surface area contributed by atoms with E-state index in [1.165, 1.54) is 0 Å². The Morgan fingerprint density at radius 2 is 1.77 bits per heavy atom. The lowest BCUT2D eigenvalue weighted by Crippen LogP contribution is -2.35. The number of unbranched alkanes of at least 4 members (excludes halogenated alkanes) is 1. The summed E-state index contributed by atoms with van der Waals surface area (Å²) >= 11 is 0. The zero-order chi connectivity index (χ0) is 23.9. The largest absolute Gasteiger partial charge is 0.494 e. The molecule has 1 aromatic carbocycles. The van der Waals surface area contributed by atoms with Crippen LogP contribution < -0.4 is 4.74 Å². The normalized spacial score (nSPS) is 14.2. The summed E-state index contributed by atoms with van der Waals surface area (Å²) in [6.45, 7) is 9.25. The van der Waals surface area contributed by atoms with Gasteiger partial charge >= 0.3 is 0 Å². The molecule has 0 saturated heterocycles. The highest BCUT2D eigenvalue weighted by Crippen LogP contribution is 2.47. The molecule has 0 aliphatic heterocycles. The highest BCUT2D eigenvalue weighted by atomic mass is 31.2. The zero-order valence-electron chi connectivity index (χ0n) is 19.9. The predicted octanol–water partition coefficient (Wildman–Crippen LogP) is 3.87. The van der Waals surface area contributed by atoms with E-state index in [0.29, 0.717) is 37.4 Å². The van der Waals surface area contributed by atoms with E-state index < -0.39 is 14.8 Å². The van der Waals surface area contributed by atoms with Crippen molar-refractivity contribution in [3.63, 3.8) is 0 Å². The van der Waals surface area contributed by atoms with Gasteiger partial charge in [0.15, 0.2) is 6.29 Å². The molecular formula is C22H37N2O6P. The minimum atomic E-state index is -1.49. The average molecular weight is 458 g/mol.